The highest BCUT2D eigenvalue weighted by Crippen LogP contribution is 2.21. The number of imidazole rings is 1. The van der Waals surface area contributed by atoms with Crippen molar-refractivity contribution in [3.8, 4) is 0 Å². The molecule has 2 amide bonds. The predicted octanol–water partition coefficient (Wildman–Crippen LogP) is 2.22. The van der Waals surface area contributed by atoms with Crippen molar-refractivity contribution in [2.45, 2.75) is 45.7 Å². The molecule has 0 atom stereocenters. The molecule has 1 aliphatic heterocycles. The highest BCUT2D eigenvalue weighted by atomic mass is 16.5. The number of ether oxygens (including phenoxy) is 1. The van der Waals surface area contributed by atoms with Gasteiger partial charge >= 0.3 is 0 Å². The number of rotatable bonds is 8. The van der Waals surface area contributed by atoms with Gasteiger partial charge in [0.1, 0.15) is 5.69 Å². The number of hydrogen-bond donors (Lipinski definition) is 2. The molecule has 1 aromatic heterocycles. The van der Waals surface area contributed by atoms with E-state index in [0.29, 0.717) is 37.8 Å². The zero-order valence-electron chi connectivity index (χ0n) is 16.6. The number of nitrogens with zero attached hydrogens (tertiary/aromatic N) is 2. The van der Waals surface area contributed by atoms with Gasteiger partial charge in [0.25, 0.3) is 11.8 Å². The molecule has 1 aromatic carbocycles. The molecule has 0 unspecified atom stereocenters. The summed E-state index contributed by atoms with van der Waals surface area (Å²) in [4.78, 5) is 29.8. The number of aryl methyl sites for hydroxylation is 1. The molecule has 28 heavy (non-hydrogen) atoms. The molecule has 1 aliphatic rings. The van der Waals surface area contributed by atoms with Gasteiger partial charge in [-0.15, -0.1) is 0 Å². The maximum atomic E-state index is 12.8. The van der Waals surface area contributed by atoms with Crippen LogP contribution >= 0.6 is 0 Å². The van der Waals surface area contributed by atoms with Crippen molar-refractivity contribution in [1.29, 1.82) is 0 Å². The molecule has 0 radical (unpaired) electrons. The van der Waals surface area contributed by atoms with Gasteiger partial charge in [-0.25, -0.2) is 4.98 Å². The minimum absolute atomic E-state index is 0.223. The number of methoxy groups -OCH3 is 1. The number of aromatic nitrogens is 2. The van der Waals surface area contributed by atoms with Gasteiger partial charge in [-0.2, -0.15) is 0 Å². The molecule has 0 saturated carbocycles. The molecule has 2 heterocycles. The quantitative estimate of drug-likeness (QED) is 0.684. The van der Waals surface area contributed by atoms with Gasteiger partial charge in [-0.1, -0.05) is 29.8 Å². The van der Waals surface area contributed by atoms with Crippen LogP contribution in [0.4, 0.5) is 0 Å². The van der Waals surface area contributed by atoms with Crippen LogP contribution in [0.2, 0.25) is 0 Å². The number of amides is 2. The lowest BCUT2D eigenvalue weighted by Gasteiger charge is -2.17. The molecule has 0 aliphatic carbocycles. The average molecular weight is 384 g/mol. The van der Waals surface area contributed by atoms with Crippen LogP contribution in [0.25, 0.3) is 0 Å². The van der Waals surface area contributed by atoms with Crippen molar-refractivity contribution in [1.82, 2.24) is 20.2 Å². The number of hydrogen-bond acceptors (Lipinski definition) is 4. The SMILES string of the molecule is COCCCNC(=O)c1nc(C(=O)NCc2cccc(C)c2)n2c1CCCC2. The van der Waals surface area contributed by atoms with Gasteiger partial charge < -0.3 is 19.9 Å². The first-order valence-electron chi connectivity index (χ1n) is 9.80. The summed E-state index contributed by atoms with van der Waals surface area (Å²) >= 11 is 0. The van der Waals surface area contributed by atoms with Gasteiger partial charge in [0.05, 0.1) is 5.69 Å². The fourth-order valence-corrected chi connectivity index (χ4v) is 3.48. The molecule has 0 bridgehead atoms. The molecule has 2 aromatic rings. The fraction of sp³-hybridized carbons (Fsp3) is 0.476. The van der Waals surface area contributed by atoms with E-state index in [1.54, 1.807) is 7.11 Å². The zero-order valence-corrected chi connectivity index (χ0v) is 16.6. The smallest absolute Gasteiger partial charge is 0.287 e. The number of carbonyl (C=O) groups is 2. The second-order valence-electron chi connectivity index (χ2n) is 7.11. The highest BCUT2D eigenvalue weighted by Gasteiger charge is 2.27. The van der Waals surface area contributed by atoms with Crippen LogP contribution in [0.1, 0.15) is 57.2 Å². The molecule has 3 rings (SSSR count). The van der Waals surface area contributed by atoms with Gasteiger partial charge in [-0.05, 0) is 38.2 Å². The Labute approximate surface area is 165 Å². The Morgan fingerprint density at radius 1 is 1.21 bits per heavy atom. The Kier molecular flexibility index (Phi) is 6.81. The number of carbonyl (C=O) groups excluding carboxylic acids is 2. The lowest BCUT2D eigenvalue weighted by atomic mass is 10.1. The van der Waals surface area contributed by atoms with Crippen LogP contribution in [-0.2, 0) is 24.2 Å². The van der Waals surface area contributed by atoms with E-state index in [9.17, 15) is 9.59 Å². The van der Waals surface area contributed by atoms with Crippen molar-refractivity contribution < 1.29 is 14.3 Å². The van der Waals surface area contributed by atoms with E-state index < -0.39 is 0 Å². The molecule has 7 nitrogen and oxygen atoms in total. The Bertz CT molecular complexity index is 844. The van der Waals surface area contributed by atoms with Crippen molar-refractivity contribution in [2.24, 2.45) is 0 Å². The van der Waals surface area contributed by atoms with Gasteiger partial charge in [0.2, 0.25) is 0 Å². The van der Waals surface area contributed by atoms with Crippen LogP contribution in [0, 0.1) is 6.92 Å². The van der Waals surface area contributed by atoms with E-state index in [2.05, 4.69) is 15.6 Å². The number of fused-ring (bicyclic) bond motifs is 1. The molecule has 0 saturated heterocycles. The van der Waals surface area contributed by atoms with Crippen LogP contribution in [0.15, 0.2) is 24.3 Å². The minimum atomic E-state index is -0.247. The summed E-state index contributed by atoms with van der Waals surface area (Å²) in [5.74, 6) is -0.146. The summed E-state index contributed by atoms with van der Waals surface area (Å²) in [5.41, 5.74) is 3.42. The Balaban J connectivity index is 1.72. The maximum absolute atomic E-state index is 12.8. The van der Waals surface area contributed by atoms with E-state index in [0.717, 1.165) is 42.5 Å². The van der Waals surface area contributed by atoms with Crippen molar-refractivity contribution in [3.63, 3.8) is 0 Å². The Morgan fingerprint density at radius 2 is 2.07 bits per heavy atom. The highest BCUT2D eigenvalue weighted by molar-refractivity contribution is 5.97. The molecular formula is C21H28N4O3. The van der Waals surface area contributed by atoms with Crippen molar-refractivity contribution in [2.75, 3.05) is 20.3 Å². The third kappa shape index (κ3) is 4.78. The Hall–Kier alpha value is -2.67. The van der Waals surface area contributed by atoms with E-state index in [-0.39, 0.29) is 11.8 Å². The number of nitrogens with one attached hydrogen (secondary N) is 2. The minimum Gasteiger partial charge on any atom is -0.385 e. The monoisotopic (exact) mass is 384 g/mol. The largest absolute Gasteiger partial charge is 0.385 e. The fourth-order valence-electron chi connectivity index (χ4n) is 3.48. The molecular weight excluding hydrogens is 356 g/mol. The average Bonchev–Trinajstić information content (AvgIpc) is 3.09. The summed E-state index contributed by atoms with van der Waals surface area (Å²) in [6.07, 6.45) is 3.48. The molecule has 2 N–H and O–H groups in total. The normalized spacial score (nSPS) is 13.1. The first-order chi connectivity index (χ1) is 13.6. The maximum Gasteiger partial charge on any atom is 0.287 e. The number of benzene rings is 1. The summed E-state index contributed by atoms with van der Waals surface area (Å²) in [6, 6.07) is 8.02. The van der Waals surface area contributed by atoms with E-state index in [1.165, 1.54) is 0 Å². The zero-order chi connectivity index (χ0) is 19.9. The summed E-state index contributed by atoms with van der Waals surface area (Å²) in [7, 11) is 1.63. The predicted molar refractivity (Wildman–Crippen MR) is 106 cm³/mol. The van der Waals surface area contributed by atoms with Crippen molar-refractivity contribution in [3.05, 3.63) is 52.6 Å². The van der Waals surface area contributed by atoms with E-state index in [1.807, 2.05) is 35.8 Å². The summed E-state index contributed by atoms with van der Waals surface area (Å²) in [5, 5.41) is 5.81. The molecule has 7 heteroatoms. The standard InChI is InChI=1S/C21H28N4O3/c1-15-7-5-8-16(13-15)14-23-21(27)19-24-18(17-9-3-4-11-25(17)19)20(26)22-10-6-12-28-2/h5,7-8,13H,3-4,6,9-12,14H2,1-2H3,(H,22,26)(H,23,27). The summed E-state index contributed by atoms with van der Waals surface area (Å²) in [6.45, 7) is 4.28. The Morgan fingerprint density at radius 3 is 2.86 bits per heavy atom. The van der Waals surface area contributed by atoms with E-state index >= 15 is 0 Å². The summed E-state index contributed by atoms with van der Waals surface area (Å²) < 4.78 is 6.90. The molecule has 0 spiro atoms. The third-order valence-electron chi connectivity index (χ3n) is 4.88. The second-order valence-corrected chi connectivity index (χ2v) is 7.11. The lowest BCUT2D eigenvalue weighted by molar-refractivity contribution is 0.0934. The van der Waals surface area contributed by atoms with Crippen LogP contribution in [0.5, 0.6) is 0 Å². The van der Waals surface area contributed by atoms with Gasteiger partial charge in [0.15, 0.2) is 5.82 Å². The van der Waals surface area contributed by atoms with Crippen LogP contribution < -0.4 is 10.6 Å². The first kappa shape index (κ1) is 20.1. The topological polar surface area (TPSA) is 85.2 Å². The first-order valence-corrected chi connectivity index (χ1v) is 9.80. The molecule has 0 fully saturated rings. The van der Waals surface area contributed by atoms with Crippen LogP contribution in [-0.4, -0.2) is 41.6 Å². The third-order valence-corrected chi connectivity index (χ3v) is 4.88. The van der Waals surface area contributed by atoms with Gasteiger partial charge in [0, 0.05) is 33.4 Å². The van der Waals surface area contributed by atoms with Gasteiger partial charge in [-0.3, -0.25) is 9.59 Å². The second kappa shape index (κ2) is 9.50. The molecule has 150 valence electrons. The van der Waals surface area contributed by atoms with Crippen LogP contribution in [0.3, 0.4) is 0 Å². The van der Waals surface area contributed by atoms with Crippen molar-refractivity contribution >= 4 is 11.8 Å². The van der Waals surface area contributed by atoms with E-state index in [4.69, 9.17) is 4.74 Å². The lowest BCUT2D eigenvalue weighted by Crippen LogP contribution is -2.27.